The summed E-state index contributed by atoms with van der Waals surface area (Å²) >= 11 is 3.41. The van der Waals surface area contributed by atoms with Gasteiger partial charge in [0.2, 0.25) is 0 Å². The fraction of sp³-hybridized carbons (Fsp3) is 0.417. The van der Waals surface area contributed by atoms with E-state index in [9.17, 15) is 4.79 Å². The lowest BCUT2D eigenvalue weighted by Crippen LogP contribution is -2.25. The van der Waals surface area contributed by atoms with Gasteiger partial charge in [0.05, 0.1) is 6.61 Å². The summed E-state index contributed by atoms with van der Waals surface area (Å²) in [4.78, 5) is 12.0. The van der Waals surface area contributed by atoms with Gasteiger partial charge in [0, 0.05) is 10.7 Å². The molecule has 6 heteroatoms. The van der Waals surface area contributed by atoms with Gasteiger partial charge in [-0.2, -0.15) is 0 Å². The quantitative estimate of drug-likeness (QED) is 0.815. The van der Waals surface area contributed by atoms with E-state index in [-0.39, 0.29) is 5.97 Å². The predicted octanol–water partition coefficient (Wildman–Crippen LogP) is 2.09. The molecule has 5 nitrogen and oxygen atoms in total. The maximum Gasteiger partial charge on any atom is 0.319 e. The molecule has 0 saturated heterocycles. The summed E-state index contributed by atoms with van der Waals surface area (Å²) < 4.78 is 7.92. The third-order valence-corrected chi connectivity index (χ3v) is 3.68. The molecule has 1 aliphatic carbocycles. The van der Waals surface area contributed by atoms with Crippen molar-refractivity contribution in [1.29, 1.82) is 0 Å². The summed E-state index contributed by atoms with van der Waals surface area (Å²) in [6, 6.07) is 3.76. The molecular formula is C12H12BrN3O2. The van der Waals surface area contributed by atoms with Gasteiger partial charge in [-0.15, -0.1) is 10.2 Å². The summed E-state index contributed by atoms with van der Waals surface area (Å²) in [6.07, 6.45) is 3.43. The van der Waals surface area contributed by atoms with Crippen LogP contribution in [0.25, 0.3) is 5.65 Å². The normalized spacial score (nSPS) is 16.8. The van der Waals surface area contributed by atoms with E-state index in [0.29, 0.717) is 12.4 Å². The smallest absolute Gasteiger partial charge is 0.319 e. The van der Waals surface area contributed by atoms with E-state index in [4.69, 9.17) is 4.74 Å². The Balaban J connectivity index is 2.09. The van der Waals surface area contributed by atoms with Crippen molar-refractivity contribution in [3.05, 3.63) is 28.6 Å². The van der Waals surface area contributed by atoms with Crippen molar-refractivity contribution in [1.82, 2.24) is 14.6 Å². The van der Waals surface area contributed by atoms with Crippen LogP contribution in [0.2, 0.25) is 0 Å². The number of hydrogen-bond acceptors (Lipinski definition) is 4. The molecule has 1 aliphatic rings. The van der Waals surface area contributed by atoms with E-state index in [0.717, 1.165) is 23.0 Å². The zero-order valence-corrected chi connectivity index (χ0v) is 11.5. The SMILES string of the molecule is CCOC(=O)C1(c2nnc3ccc(Br)cn23)CC1. The highest BCUT2D eigenvalue weighted by Crippen LogP contribution is 2.48. The Hall–Kier alpha value is -1.43. The Labute approximate surface area is 112 Å². The van der Waals surface area contributed by atoms with Crippen LogP contribution in [0.15, 0.2) is 22.8 Å². The summed E-state index contributed by atoms with van der Waals surface area (Å²) in [7, 11) is 0. The van der Waals surface area contributed by atoms with Gasteiger partial charge >= 0.3 is 5.97 Å². The largest absolute Gasteiger partial charge is 0.465 e. The number of carbonyl (C=O) groups excluding carboxylic acids is 1. The molecule has 94 valence electrons. The average molecular weight is 310 g/mol. The first-order valence-corrected chi connectivity index (χ1v) is 6.65. The van der Waals surface area contributed by atoms with Gasteiger partial charge in [0.1, 0.15) is 5.41 Å². The van der Waals surface area contributed by atoms with Crippen molar-refractivity contribution in [3.63, 3.8) is 0 Å². The van der Waals surface area contributed by atoms with Crippen LogP contribution in [-0.4, -0.2) is 27.2 Å². The molecule has 1 saturated carbocycles. The maximum absolute atomic E-state index is 12.0. The molecule has 0 aliphatic heterocycles. The lowest BCUT2D eigenvalue weighted by Gasteiger charge is -2.11. The molecule has 0 unspecified atom stereocenters. The number of rotatable bonds is 3. The van der Waals surface area contributed by atoms with Crippen molar-refractivity contribution >= 4 is 27.5 Å². The number of nitrogens with zero attached hydrogens (tertiary/aromatic N) is 3. The van der Waals surface area contributed by atoms with E-state index < -0.39 is 5.41 Å². The van der Waals surface area contributed by atoms with Crippen LogP contribution in [0, 0.1) is 0 Å². The number of ether oxygens (including phenoxy) is 1. The van der Waals surface area contributed by atoms with E-state index in [1.807, 2.05) is 29.7 Å². The van der Waals surface area contributed by atoms with Crippen molar-refractivity contribution in [3.8, 4) is 0 Å². The Morgan fingerprint density at radius 3 is 2.94 bits per heavy atom. The van der Waals surface area contributed by atoms with Gasteiger partial charge in [-0.05, 0) is 47.8 Å². The number of pyridine rings is 1. The Kier molecular flexibility index (Phi) is 2.62. The molecule has 0 amide bonds. The number of esters is 1. The Bertz CT molecular complexity index is 619. The van der Waals surface area contributed by atoms with Gasteiger partial charge in [-0.25, -0.2) is 0 Å². The molecule has 1 fully saturated rings. The zero-order valence-electron chi connectivity index (χ0n) is 9.89. The molecule has 2 aromatic rings. The average Bonchev–Trinajstić information content (AvgIpc) is 3.05. The third kappa shape index (κ3) is 1.63. The van der Waals surface area contributed by atoms with Crippen molar-refractivity contribution in [2.24, 2.45) is 0 Å². The molecule has 0 bridgehead atoms. The molecule has 2 heterocycles. The van der Waals surface area contributed by atoms with Crippen LogP contribution >= 0.6 is 15.9 Å². The maximum atomic E-state index is 12.0. The fourth-order valence-electron chi connectivity index (χ4n) is 2.10. The number of aromatic nitrogens is 3. The molecule has 18 heavy (non-hydrogen) atoms. The van der Waals surface area contributed by atoms with Crippen molar-refractivity contribution < 1.29 is 9.53 Å². The molecule has 0 atom stereocenters. The first-order chi connectivity index (χ1) is 8.67. The first-order valence-electron chi connectivity index (χ1n) is 5.85. The van der Waals surface area contributed by atoms with Crippen LogP contribution < -0.4 is 0 Å². The molecule has 0 aromatic carbocycles. The highest BCUT2D eigenvalue weighted by Gasteiger charge is 2.56. The number of halogens is 1. The minimum absolute atomic E-state index is 0.195. The second-order valence-electron chi connectivity index (χ2n) is 4.40. The third-order valence-electron chi connectivity index (χ3n) is 3.21. The van der Waals surface area contributed by atoms with Crippen LogP contribution in [0.1, 0.15) is 25.6 Å². The summed E-state index contributed by atoms with van der Waals surface area (Å²) in [6.45, 7) is 2.20. The second kappa shape index (κ2) is 4.05. The molecular weight excluding hydrogens is 298 g/mol. The van der Waals surface area contributed by atoms with Crippen molar-refractivity contribution in [2.75, 3.05) is 6.61 Å². The van der Waals surface area contributed by atoms with Gasteiger partial charge in [0.25, 0.3) is 0 Å². The van der Waals surface area contributed by atoms with E-state index in [1.165, 1.54) is 0 Å². The fourth-order valence-corrected chi connectivity index (χ4v) is 2.44. The van der Waals surface area contributed by atoms with Crippen molar-refractivity contribution in [2.45, 2.75) is 25.2 Å². The van der Waals surface area contributed by atoms with Crippen LogP contribution in [0.3, 0.4) is 0 Å². The zero-order chi connectivity index (χ0) is 12.8. The minimum atomic E-state index is -0.587. The van der Waals surface area contributed by atoms with Gasteiger partial charge in [0.15, 0.2) is 11.5 Å². The van der Waals surface area contributed by atoms with Crippen LogP contribution in [0.5, 0.6) is 0 Å². The van der Waals surface area contributed by atoms with Crippen LogP contribution in [0.4, 0.5) is 0 Å². The lowest BCUT2D eigenvalue weighted by molar-refractivity contribution is -0.146. The standard InChI is InChI=1S/C12H12BrN3O2/c1-2-18-11(17)12(5-6-12)10-15-14-9-4-3-8(13)7-16(9)10/h3-4,7H,2,5-6H2,1H3. The Morgan fingerprint density at radius 1 is 1.50 bits per heavy atom. The molecule has 0 radical (unpaired) electrons. The molecule has 0 N–H and O–H groups in total. The first kappa shape index (κ1) is 11.6. The number of hydrogen-bond donors (Lipinski definition) is 0. The minimum Gasteiger partial charge on any atom is -0.465 e. The second-order valence-corrected chi connectivity index (χ2v) is 5.32. The number of carbonyl (C=O) groups is 1. The van der Waals surface area contributed by atoms with Gasteiger partial charge < -0.3 is 4.74 Å². The monoisotopic (exact) mass is 309 g/mol. The highest BCUT2D eigenvalue weighted by atomic mass is 79.9. The van der Waals surface area contributed by atoms with E-state index in [1.54, 1.807) is 0 Å². The highest BCUT2D eigenvalue weighted by molar-refractivity contribution is 9.10. The Morgan fingerprint density at radius 2 is 2.28 bits per heavy atom. The molecule has 0 spiro atoms. The van der Waals surface area contributed by atoms with Gasteiger partial charge in [-0.3, -0.25) is 9.20 Å². The lowest BCUT2D eigenvalue weighted by atomic mass is 10.1. The van der Waals surface area contributed by atoms with Gasteiger partial charge in [-0.1, -0.05) is 0 Å². The topological polar surface area (TPSA) is 56.5 Å². The summed E-state index contributed by atoms with van der Waals surface area (Å²) in [5.74, 6) is 0.483. The summed E-state index contributed by atoms with van der Waals surface area (Å²) in [5, 5.41) is 8.26. The summed E-state index contributed by atoms with van der Waals surface area (Å²) in [5.41, 5.74) is 0.153. The number of fused-ring (bicyclic) bond motifs is 1. The predicted molar refractivity (Wildman–Crippen MR) is 68.2 cm³/mol. The van der Waals surface area contributed by atoms with Crippen LogP contribution in [-0.2, 0) is 14.9 Å². The molecule has 3 rings (SSSR count). The van der Waals surface area contributed by atoms with E-state index in [2.05, 4.69) is 26.1 Å². The molecule has 2 aromatic heterocycles. The van der Waals surface area contributed by atoms with E-state index >= 15 is 0 Å².